The molecule has 96 valence electrons. The van der Waals surface area contributed by atoms with E-state index in [0.717, 1.165) is 25.1 Å². The van der Waals surface area contributed by atoms with E-state index in [1.54, 1.807) is 6.07 Å². The van der Waals surface area contributed by atoms with Gasteiger partial charge in [-0.2, -0.15) is 0 Å². The summed E-state index contributed by atoms with van der Waals surface area (Å²) in [6.07, 6.45) is 1.00. The summed E-state index contributed by atoms with van der Waals surface area (Å²) in [5.74, 6) is -0.194. The fraction of sp³-hybridized carbons (Fsp3) is 0.538. The van der Waals surface area contributed by atoms with Gasteiger partial charge in [-0.15, -0.1) is 0 Å². The quantitative estimate of drug-likeness (QED) is 0.819. The van der Waals surface area contributed by atoms with Crippen LogP contribution in [0, 0.1) is 5.82 Å². The number of nitrogens with two attached hydrogens (primary N) is 1. The van der Waals surface area contributed by atoms with Crippen molar-refractivity contribution in [3.63, 3.8) is 0 Å². The van der Waals surface area contributed by atoms with Crippen LogP contribution in [0.1, 0.15) is 12.0 Å². The van der Waals surface area contributed by atoms with Gasteiger partial charge in [0.15, 0.2) is 0 Å². The van der Waals surface area contributed by atoms with E-state index in [-0.39, 0.29) is 5.82 Å². The molecule has 0 saturated carbocycles. The predicted octanol–water partition coefficient (Wildman–Crippen LogP) is 1.67. The van der Waals surface area contributed by atoms with Gasteiger partial charge in [-0.1, -0.05) is 12.1 Å². The van der Waals surface area contributed by atoms with E-state index in [2.05, 4.69) is 4.90 Å². The molecule has 0 spiro atoms. The Balaban J connectivity index is 2.70. The van der Waals surface area contributed by atoms with Crippen molar-refractivity contribution in [3.8, 4) is 0 Å². The van der Waals surface area contributed by atoms with E-state index in [4.69, 9.17) is 5.73 Å². The normalized spacial score (nSPS) is 10.9. The van der Waals surface area contributed by atoms with Crippen LogP contribution in [0.15, 0.2) is 18.2 Å². The van der Waals surface area contributed by atoms with E-state index in [9.17, 15) is 4.39 Å². The Bertz CT molecular complexity index is 353. The van der Waals surface area contributed by atoms with Gasteiger partial charge in [0.05, 0.1) is 5.69 Å². The van der Waals surface area contributed by atoms with Crippen molar-refractivity contribution >= 4 is 5.69 Å². The van der Waals surface area contributed by atoms with Crippen molar-refractivity contribution in [3.05, 3.63) is 29.6 Å². The monoisotopic (exact) mass is 239 g/mol. The van der Waals surface area contributed by atoms with Crippen LogP contribution in [0.25, 0.3) is 0 Å². The topological polar surface area (TPSA) is 32.5 Å². The highest BCUT2D eigenvalue weighted by Gasteiger charge is 2.11. The zero-order valence-corrected chi connectivity index (χ0v) is 10.9. The van der Waals surface area contributed by atoms with Crippen LogP contribution in [0.2, 0.25) is 0 Å². The molecule has 0 radical (unpaired) electrons. The molecular formula is C13H22FN3. The molecule has 0 aliphatic heterocycles. The van der Waals surface area contributed by atoms with E-state index >= 15 is 0 Å². The van der Waals surface area contributed by atoms with Gasteiger partial charge in [0.2, 0.25) is 0 Å². The second-order valence-electron chi connectivity index (χ2n) is 4.53. The zero-order chi connectivity index (χ0) is 12.8. The fourth-order valence-corrected chi connectivity index (χ4v) is 1.89. The minimum atomic E-state index is -0.194. The summed E-state index contributed by atoms with van der Waals surface area (Å²) in [7, 11) is 5.98. The van der Waals surface area contributed by atoms with Crippen molar-refractivity contribution in [2.75, 3.05) is 39.1 Å². The molecule has 0 unspecified atom stereocenters. The molecule has 17 heavy (non-hydrogen) atoms. The molecule has 1 aromatic carbocycles. The molecule has 2 N–H and O–H groups in total. The van der Waals surface area contributed by atoms with Crippen LogP contribution in [0.5, 0.6) is 0 Å². The molecule has 0 aromatic heterocycles. The van der Waals surface area contributed by atoms with Gasteiger partial charge in [-0.05, 0) is 38.7 Å². The van der Waals surface area contributed by atoms with Crippen LogP contribution < -0.4 is 10.6 Å². The summed E-state index contributed by atoms with van der Waals surface area (Å²) in [5, 5.41) is 0. The number of hydrogen-bond donors (Lipinski definition) is 1. The lowest BCUT2D eigenvalue weighted by atomic mass is 10.1. The van der Waals surface area contributed by atoms with Crippen LogP contribution in [-0.4, -0.2) is 39.1 Å². The van der Waals surface area contributed by atoms with Gasteiger partial charge < -0.3 is 15.5 Å². The van der Waals surface area contributed by atoms with Gasteiger partial charge in [-0.25, -0.2) is 4.39 Å². The Hall–Kier alpha value is -1.13. The number of rotatable bonds is 6. The molecule has 4 heteroatoms. The molecule has 0 heterocycles. The van der Waals surface area contributed by atoms with Crippen LogP contribution in [-0.2, 0) is 6.54 Å². The highest BCUT2D eigenvalue weighted by Crippen LogP contribution is 2.23. The van der Waals surface area contributed by atoms with Crippen molar-refractivity contribution in [1.29, 1.82) is 0 Å². The SMILES string of the molecule is CN(C)CCCN(C)c1c(F)cccc1CN. The molecule has 0 aliphatic rings. The smallest absolute Gasteiger partial charge is 0.146 e. The fourth-order valence-electron chi connectivity index (χ4n) is 1.89. The van der Waals surface area contributed by atoms with Crippen LogP contribution in [0.4, 0.5) is 10.1 Å². The maximum atomic E-state index is 13.8. The maximum absolute atomic E-state index is 13.8. The number of nitrogens with zero attached hydrogens (tertiary/aromatic N) is 2. The molecule has 0 atom stereocenters. The average Bonchev–Trinajstić information content (AvgIpc) is 2.27. The Morgan fingerprint density at radius 2 is 1.88 bits per heavy atom. The molecule has 0 fully saturated rings. The van der Waals surface area contributed by atoms with Gasteiger partial charge in [0.25, 0.3) is 0 Å². The van der Waals surface area contributed by atoms with E-state index < -0.39 is 0 Å². The number of hydrogen-bond acceptors (Lipinski definition) is 3. The van der Waals surface area contributed by atoms with Gasteiger partial charge in [0.1, 0.15) is 5.82 Å². The summed E-state index contributed by atoms with van der Waals surface area (Å²) >= 11 is 0. The summed E-state index contributed by atoms with van der Waals surface area (Å²) < 4.78 is 13.8. The third kappa shape index (κ3) is 3.98. The molecule has 1 aromatic rings. The highest BCUT2D eigenvalue weighted by atomic mass is 19.1. The van der Waals surface area contributed by atoms with Crippen LogP contribution in [0.3, 0.4) is 0 Å². The lowest BCUT2D eigenvalue weighted by molar-refractivity contribution is 0.401. The predicted molar refractivity (Wildman–Crippen MR) is 70.7 cm³/mol. The first-order valence-electron chi connectivity index (χ1n) is 5.89. The number of halogens is 1. The van der Waals surface area contributed by atoms with Gasteiger partial charge in [-0.3, -0.25) is 0 Å². The lowest BCUT2D eigenvalue weighted by Gasteiger charge is -2.23. The van der Waals surface area contributed by atoms with Crippen molar-refractivity contribution in [1.82, 2.24) is 4.90 Å². The van der Waals surface area contributed by atoms with Gasteiger partial charge >= 0.3 is 0 Å². The summed E-state index contributed by atoms with van der Waals surface area (Å²) in [6.45, 7) is 2.19. The molecule has 0 amide bonds. The Labute approximate surface area is 103 Å². The van der Waals surface area contributed by atoms with Crippen molar-refractivity contribution in [2.45, 2.75) is 13.0 Å². The molecule has 3 nitrogen and oxygen atoms in total. The Morgan fingerprint density at radius 3 is 2.47 bits per heavy atom. The summed E-state index contributed by atoms with van der Waals surface area (Å²) in [6, 6.07) is 5.06. The van der Waals surface area contributed by atoms with Crippen molar-refractivity contribution in [2.24, 2.45) is 5.73 Å². The van der Waals surface area contributed by atoms with E-state index in [1.165, 1.54) is 6.07 Å². The number of para-hydroxylation sites is 1. The zero-order valence-electron chi connectivity index (χ0n) is 10.9. The largest absolute Gasteiger partial charge is 0.372 e. The highest BCUT2D eigenvalue weighted by molar-refractivity contribution is 5.54. The van der Waals surface area contributed by atoms with Crippen LogP contribution >= 0.6 is 0 Å². The molecule has 0 aliphatic carbocycles. The minimum absolute atomic E-state index is 0.194. The number of anilines is 1. The first kappa shape index (κ1) is 13.9. The average molecular weight is 239 g/mol. The summed E-state index contributed by atoms with van der Waals surface area (Å²) in [4.78, 5) is 4.07. The lowest BCUT2D eigenvalue weighted by Crippen LogP contribution is -2.25. The minimum Gasteiger partial charge on any atom is -0.372 e. The third-order valence-electron chi connectivity index (χ3n) is 2.77. The second-order valence-corrected chi connectivity index (χ2v) is 4.53. The molecule has 1 rings (SSSR count). The standard InChI is InChI=1S/C13H22FN3/c1-16(2)8-5-9-17(3)13-11(10-15)6-4-7-12(13)14/h4,6-7H,5,8-10,15H2,1-3H3. The van der Waals surface area contributed by atoms with E-state index in [1.807, 2.05) is 32.1 Å². The molecular weight excluding hydrogens is 217 g/mol. The van der Waals surface area contributed by atoms with E-state index in [0.29, 0.717) is 12.2 Å². The molecule has 0 bridgehead atoms. The summed E-state index contributed by atoms with van der Waals surface area (Å²) in [5.41, 5.74) is 7.12. The first-order chi connectivity index (χ1) is 8.06. The first-order valence-corrected chi connectivity index (χ1v) is 5.89. The third-order valence-corrected chi connectivity index (χ3v) is 2.77. The Morgan fingerprint density at radius 1 is 1.18 bits per heavy atom. The van der Waals surface area contributed by atoms with Gasteiger partial charge in [0, 0.05) is 20.1 Å². The van der Waals surface area contributed by atoms with Crippen molar-refractivity contribution < 1.29 is 4.39 Å². The Kier molecular flexibility index (Phi) is 5.38. The maximum Gasteiger partial charge on any atom is 0.146 e. The molecule has 0 saturated heterocycles. The number of benzene rings is 1. The second kappa shape index (κ2) is 6.57.